The highest BCUT2D eigenvalue weighted by Crippen LogP contribution is 2.38. The van der Waals surface area contributed by atoms with E-state index in [2.05, 4.69) is 15.3 Å². The molecule has 1 N–H and O–H groups in total. The predicted molar refractivity (Wildman–Crippen MR) is 80.6 cm³/mol. The summed E-state index contributed by atoms with van der Waals surface area (Å²) in [6.07, 6.45) is 0.404. The van der Waals surface area contributed by atoms with E-state index in [0.717, 1.165) is 26.7 Å². The van der Waals surface area contributed by atoms with Crippen LogP contribution in [0.25, 0.3) is 0 Å². The lowest BCUT2D eigenvalue weighted by Crippen LogP contribution is -2.44. The molecular weight excluding hydrogens is 325 g/mol. The van der Waals surface area contributed by atoms with E-state index >= 15 is 0 Å². The number of anilines is 2. The first-order valence-electron chi connectivity index (χ1n) is 7.77. The minimum absolute atomic E-state index is 0.136. The Morgan fingerprint density at radius 2 is 1.75 bits per heavy atom. The van der Waals surface area contributed by atoms with E-state index < -0.39 is 17.5 Å². The van der Waals surface area contributed by atoms with Gasteiger partial charge in [0.2, 0.25) is 11.9 Å². The van der Waals surface area contributed by atoms with E-state index in [1.165, 1.54) is 12.4 Å². The van der Waals surface area contributed by atoms with E-state index in [-0.39, 0.29) is 17.9 Å². The van der Waals surface area contributed by atoms with Crippen LogP contribution in [0.3, 0.4) is 0 Å². The molecule has 9 heteroatoms. The van der Waals surface area contributed by atoms with Crippen LogP contribution >= 0.6 is 0 Å². The Morgan fingerprint density at radius 1 is 1.21 bits per heavy atom. The second-order valence-corrected chi connectivity index (χ2v) is 6.71. The number of carbonyl (C=O) groups excluding carboxylic acids is 1. The second kappa shape index (κ2) is 5.87. The molecule has 2 aliphatic rings. The van der Waals surface area contributed by atoms with Crippen LogP contribution < -0.4 is 10.2 Å². The van der Waals surface area contributed by atoms with Crippen molar-refractivity contribution in [1.82, 2.24) is 9.97 Å². The Morgan fingerprint density at radius 3 is 2.25 bits per heavy atom. The van der Waals surface area contributed by atoms with Crippen LogP contribution in [0.1, 0.15) is 26.7 Å². The molecule has 0 saturated carbocycles. The third-order valence-corrected chi connectivity index (χ3v) is 4.50. The molecule has 0 radical (unpaired) electrons. The van der Waals surface area contributed by atoms with Crippen molar-refractivity contribution in [1.29, 1.82) is 0 Å². The van der Waals surface area contributed by atoms with Crippen molar-refractivity contribution < 1.29 is 22.7 Å². The third kappa shape index (κ3) is 3.17. The number of alkyl halides is 3. The fourth-order valence-electron chi connectivity index (χ4n) is 2.74. The standard InChI is InChI=1S/C15H19F3N4O2/c1-14(2,15(16,17)18)12(23)21-9-5-19-13(20-6-9)22-7-10-3-4-11(8-22)24-10/h5-6,10-11H,3-4,7-8H2,1-2H3,(H,21,23). The van der Waals surface area contributed by atoms with Crippen LogP contribution in [0.5, 0.6) is 0 Å². The Balaban J connectivity index is 1.66. The van der Waals surface area contributed by atoms with Crippen LogP contribution in [0.15, 0.2) is 12.4 Å². The summed E-state index contributed by atoms with van der Waals surface area (Å²) in [6, 6.07) is 0. The molecule has 132 valence electrons. The Kier molecular flexibility index (Phi) is 4.15. The monoisotopic (exact) mass is 344 g/mol. The number of ether oxygens (including phenoxy) is 1. The van der Waals surface area contributed by atoms with Gasteiger partial charge in [-0.15, -0.1) is 0 Å². The Bertz CT molecular complexity index is 606. The van der Waals surface area contributed by atoms with Gasteiger partial charge in [-0.25, -0.2) is 9.97 Å². The number of rotatable bonds is 3. The van der Waals surface area contributed by atoms with Gasteiger partial charge in [-0.2, -0.15) is 13.2 Å². The molecule has 1 amide bonds. The van der Waals surface area contributed by atoms with Crippen LogP contribution in [-0.2, 0) is 9.53 Å². The van der Waals surface area contributed by atoms with E-state index in [0.29, 0.717) is 19.0 Å². The van der Waals surface area contributed by atoms with Gasteiger partial charge in [0.25, 0.3) is 0 Å². The maximum atomic E-state index is 12.9. The summed E-state index contributed by atoms with van der Waals surface area (Å²) < 4.78 is 44.3. The summed E-state index contributed by atoms with van der Waals surface area (Å²) in [5.41, 5.74) is -2.35. The number of hydrogen-bond donors (Lipinski definition) is 1. The van der Waals surface area contributed by atoms with Crippen molar-refractivity contribution in [2.24, 2.45) is 5.41 Å². The highest BCUT2D eigenvalue weighted by atomic mass is 19.4. The topological polar surface area (TPSA) is 67.4 Å². The quantitative estimate of drug-likeness (QED) is 0.912. The average molecular weight is 344 g/mol. The van der Waals surface area contributed by atoms with Crippen LogP contribution in [0.4, 0.5) is 24.8 Å². The van der Waals surface area contributed by atoms with Crippen molar-refractivity contribution >= 4 is 17.5 Å². The van der Waals surface area contributed by atoms with Gasteiger partial charge in [0.05, 0.1) is 30.3 Å². The zero-order valence-corrected chi connectivity index (χ0v) is 13.4. The highest BCUT2D eigenvalue weighted by Gasteiger charge is 2.53. The molecule has 2 fully saturated rings. The molecule has 1 aromatic rings. The molecule has 24 heavy (non-hydrogen) atoms. The maximum absolute atomic E-state index is 12.9. The van der Waals surface area contributed by atoms with E-state index in [1.807, 2.05) is 4.90 Å². The summed E-state index contributed by atoms with van der Waals surface area (Å²) in [6.45, 7) is 3.06. The van der Waals surface area contributed by atoms with Gasteiger partial charge in [-0.05, 0) is 26.7 Å². The lowest BCUT2D eigenvalue weighted by Gasteiger charge is -2.32. The van der Waals surface area contributed by atoms with Gasteiger partial charge in [0, 0.05) is 13.1 Å². The molecule has 2 unspecified atom stereocenters. The SMILES string of the molecule is CC(C)(C(=O)Nc1cnc(N2CC3CCC(C2)O3)nc1)C(F)(F)F. The molecule has 3 rings (SSSR count). The molecule has 0 aromatic carbocycles. The lowest BCUT2D eigenvalue weighted by atomic mass is 9.91. The average Bonchev–Trinajstić information content (AvgIpc) is 2.85. The van der Waals surface area contributed by atoms with Gasteiger partial charge in [-0.1, -0.05) is 0 Å². The zero-order chi connectivity index (χ0) is 17.5. The minimum atomic E-state index is -4.63. The Hall–Kier alpha value is -1.90. The highest BCUT2D eigenvalue weighted by molar-refractivity contribution is 5.95. The number of carbonyl (C=O) groups is 1. The van der Waals surface area contributed by atoms with Crippen LogP contribution in [0.2, 0.25) is 0 Å². The van der Waals surface area contributed by atoms with Gasteiger partial charge in [-0.3, -0.25) is 4.79 Å². The van der Waals surface area contributed by atoms with Crippen molar-refractivity contribution in [2.45, 2.75) is 45.1 Å². The number of nitrogens with one attached hydrogen (secondary N) is 1. The maximum Gasteiger partial charge on any atom is 0.402 e. The lowest BCUT2D eigenvalue weighted by molar-refractivity contribution is -0.208. The second-order valence-electron chi connectivity index (χ2n) is 6.71. The summed E-state index contributed by atoms with van der Waals surface area (Å²) in [4.78, 5) is 22.2. The number of halogens is 3. The number of nitrogens with zero attached hydrogens (tertiary/aromatic N) is 3. The molecule has 0 aliphatic carbocycles. The first-order chi connectivity index (χ1) is 11.2. The van der Waals surface area contributed by atoms with Gasteiger partial charge < -0.3 is 15.0 Å². The molecule has 6 nitrogen and oxygen atoms in total. The van der Waals surface area contributed by atoms with E-state index in [1.54, 1.807) is 0 Å². The number of hydrogen-bond acceptors (Lipinski definition) is 5. The summed E-state index contributed by atoms with van der Waals surface area (Å²) in [7, 11) is 0. The van der Waals surface area contributed by atoms with E-state index in [9.17, 15) is 18.0 Å². The van der Waals surface area contributed by atoms with Crippen LogP contribution in [-0.4, -0.2) is 47.3 Å². The van der Waals surface area contributed by atoms with Crippen molar-refractivity contribution in [2.75, 3.05) is 23.3 Å². The van der Waals surface area contributed by atoms with Crippen molar-refractivity contribution in [3.63, 3.8) is 0 Å². The number of fused-ring (bicyclic) bond motifs is 2. The predicted octanol–water partition coefficient (Wildman–Crippen LogP) is 2.37. The summed E-state index contributed by atoms with van der Waals surface area (Å²) in [5.74, 6) is -0.654. The van der Waals surface area contributed by atoms with Gasteiger partial charge >= 0.3 is 6.18 Å². The fourth-order valence-corrected chi connectivity index (χ4v) is 2.74. The molecular formula is C15H19F3N4O2. The van der Waals surface area contributed by atoms with E-state index in [4.69, 9.17) is 4.74 Å². The van der Waals surface area contributed by atoms with Crippen LogP contribution in [0, 0.1) is 5.41 Å². The normalized spacial score (nSPS) is 24.1. The molecule has 1 aromatic heterocycles. The summed E-state index contributed by atoms with van der Waals surface area (Å²) in [5, 5.41) is 2.22. The fraction of sp³-hybridized carbons (Fsp3) is 0.667. The molecule has 2 bridgehead atoms. The van der Waals surface area contributed by atoms with Crippen molar-refractivity contribution in [3.8, 4) is 0 Å². The Labute approximate surface area is 137 Å². The summed E-state index contributed by atoms with van der Waals surface area (Å²) >= 11 is 0. The minimum Gasteiger partial charge on any atom is -0.371 e. The zero-order valence-electron chi connectivity index (χ0n) is 13.4. The van der Waals surface area contributed by atoms with Gasteiger partial charge in [0.1, 0.15) is 5.41 Å². The first-order valence-corrected chi connectivity index (χ1v) is 7.77. The largest absolute Gasteiger partial charge is 0.402 e. The number of amides is 1. The van der Waals surface area contributed by atoms with Gasteiger partial charge in [0.15, 0.2) is 0 Å². The van der Waals surface area contributed by atoms with Crippen molar-refractivity contribution in [3.05, 3.63) is 12.4 Å². The molecule has 2 aliphatic heterocycles. The first kappa shape index (κ1) is 16.9. The molecule has 0 spiro atoms. The number of aromatic nitrogens is 2. The third-order valence-electron chi connectivity index (χ3n) is 4.50. The molecule has 3 heterocycles. The molecule has 2 saturated heterocycles. The molecule has 2 atom stereocenters. The number of morpholine rings is 1. The smallest absolute Gasteiger partial charge is 0.371 e.